The van der Waals surface area contributed by atoms with Crippen molar-refractivity contribution in [3.63, 3.8) is 0 Å². The summed E-state index contributed by atoms with van der Waals surface area (Å²) in [5, 5.41) is 5.71. The molecule has 0 saturated heterocycles. The summed E-state index contributed by atoms with van der Waals surface area (Å²) in [6, 6.07) is 14.5. The van der Waals surface area contributed by atoms with E-state index < -0.39 is 0 Å². The minimum Gasteiger partial charge on any atom is -0.352 e. The van der Waals surface area contributed by atoms with Crippen molar-refractivity contribution in [1.29, 1.82) is 0 Å². The van der Waals surface area contributed by atoms with Crippen molar-refractivity contribution >= 4 is 29.3 Å². The molecule has 2 aromatic carbocycles. The Morgan fingerprint density at radius 3 is 2.29 bits per heavy atom. The van der Waals surface area contributed by atoms with Crippen LogP contribution in [0.15, 0.2) is 53.4 Å². The van der Waals surface area contributed by atoms with E-state index >= 15 is 0 Å². The van der Waals surface area contributed by atoms with Crippen molar-refractivity contribution in [2.45, 2.75) is 25.2 Å². The molecule has 126 valence electrons. The van der Waals surface area contributed by atoms with E-state index in [4.69, 9.17) is 0 Å². The van der Waals surface area contributed by atoms with E-state index in [1.165, 1.54) is 0 Å². The number of amides is 2. The summed E-state index contributed by atoms with van der Waals surface area (Å²) in [5.41, 5.74) is 1.61. The van der Waals surface area contributed by atoms with Gasteiger partial charge >= 0.3 is 0 Å². The predicted molar refractivity (Wildman–Crippen MR) is 99.9 cm³/mol. The number of carbonyl (C=O) groups excluding carboxylic acids is 2. The van der Waals surface area contributed by atoms with Gasteiger partial charge < -0.3 is 10.6 Å². The maximum Gasteiger partial charge on any atom is 0.256 e. The molecule has 2 amide bonds. The minimum absolute atomic E-state index is 0.177. The molecular formula is C19H22N2O2S. The van der Waals surface area contributed by atoms with Crippen molar-refractivity contribution in [3.8, 4) is 0 Å². The van der Waals surface area contributed by atoms with Gasteiger partial charge in [0.1, 0.15) is 0 Å². The van der Waals surface area contributed by atoms with Crippen molar-refractivity contribution in [1.82, 2.24) is 5.32 Å². The van der Waals surface area contributed by atoms with Crippen LogP contribution in [0.2, 0.25) is 0 Å². The molecule has 2 rings (SSSR count). The Hall–Kier alpha value is -2.27. The van der Waals surface area contributed by atoms with Crippen LogP contribution in [0.4, 0.5) is 5.69 Å². The summed E-state index contributed by atoms with van der Waals surface area (Å²) in [5.74, 6) is 0.506. The quantitative estimate of drug-likeness (QED) is 0.742. The summed E-state index contributed by atoms with van der Waals surface area (Å²) in [4.78, 5) is 25.8. The summed E-state index contributed by atoms with van der Waals surface area (Å²) in [7, 11) is 0. The molecule has 2 aromatic rings. The van der Waals surface area contributed by atoms with Crippen LogP contribution in [0.3, 0.4) is 0 Å². The van der Waals surface area contributed by atoms with Gasteiger partial charge in [0.15, 0.2) is 0 Å². The lowest BCUT2D eigenvalue weighted by molar-refractivity contribution is 0.0954. The Bertz CT molecular complexity index is 716. The zero-order valence-electron chi connectivity index (χ0n) is 14.0. The second-order valence-corrected chi connectivity index (χ2v) is 6.49. The van der Waals surface area contributed by atoms with Crippen LogP contribution in [0.25, 0.3) is 0 Å². The molecule has 0 unspecified atom stereocenters. The van der Waals surface area contributed by atoms with Gasteiger partial charge in [-0.2, -0.15) is 0 Å². The van der Waals surface area contributed by atoms with Crippen LogP contribution in [-0.2, 0) is 0 Å². The molecule has 0 radical (unpaired) electrons. The number of rotatable bonds is 7. The van der Waals surface area contributed by atoms with E-state index in [2.05, 4.69) is 10.6 Å². The highest BCUT2D eigenvalue weighted by molar-refractivity contribution is 7.99. The minimum atomic E-state index is -0.206. The highest BCUT2D eigenvalue weighted by Crippen LogP contribution is 2.24. The number of benzene rings is 2. The molecule has 0 aliphatic heterocycles. The molecule has 2 N–H and O–H groups in total. The highest BCUT2D eigenvalue weighted by Gasteiger charge is 2.15. The third-order valence-electron chi connectivity index (χ3n) is 3.39. The summed E-state index contributed by atoms with van der Waals surface area (Å²) >= 11 is 1.62. The fraction of sp³-hybridized carbons (Fsp3) is 0.263. The van der Waals surface area contributed by atoms with E-state index in [0.717, 1.165) is 17.1 Å². The maximum atomic E-state index is 12.6. The predicted octanol–water partition coefficient (Wildman–Crippen LogP) is 4.19. The monoisotopic (exact) mass is 342 g/mol. The van der Waals surface area contributed by atoms with Gasteiger partial charge in [0.2, 0.25) is 0 Å². The lowest BCUT2D eigenvalue weighted by Gasteiger charge is -2.13. The lowest BCUT2D eigenvalue weighted by atomic mass is 10.1. The van der Waals surface area contributed by atoms with Crippen LogP contribution in [0.5, 0.6) is 0 Å². The smallest absolute Gasteiger partial charge is 0.256 e. The summed E-state index contributed by atoms with van der Waals surface area (Å²) in [6.07, 6.45) is 0.863. The fourth-order valence-electron chi connectivity index (χ4n) is 2.25. The van der Waals surface area contributed by atoms with Crippen molar-refractivity contribution < 1.29 is 9.59 Å². The van der Waals surface area contributed by atoms with Gasteiger partial charge in [0, 0.05) is 11.4 Å². The molecule has 0 spiro atoms. The Balaban J connectivity index is 2.22. The standard InChI is InChI=1S/C19H22N2O2S/c1-3-13-20-18(22)14-9-5-7-11-16(14)21-19(23)15-10-6-8-12-17(15)24-4-2/h5-12H,3-4,13H2,1-2H3,(H,20,22)(H,21,23). The first-order valence-corrected chi connectivity index (χ1v) is 9.06. The Morgan fingerprint density at radius 1 is 0.917 bits per heavy atom. The SMILES string of the molecule is CCCNC(=O)c1ccccc1NC(=O)c1ccccc1SCC. The van der Waals surface area contributed by atoms with Gasteiger partial charge in [-0.25, -0.2) is 0 Å². The summed E-state index contributed by atoms with van der Waals surface area (Å²) < 4.78 is 0. The molecule has 24 heavy (non-hydrogen) atoms. The summed E-state index contributed by atoms with van der Waals surface area (Å²) in [6.45, 7) is 4.65. The lowest BCUT2D eigenvalue weighted by Crippen LogP contribution is -2.25. The molecule has 0 aliphatic carbocycles. The van der Waals surface area contributed by atoms with Gasteiger partial charge in [-0.3, -0.25) is 9.59 Å². The van der Waals surface area contributed by atoms with Crippen molar-refractivity contribution in [3.05, 3.63) is 59.7 Å². The van der Waals surface area contributed by atoms with Crippen LogP contribution in [0.1, 0.15) is 41.0 Å². The number of hydrogen-bond acceptors (Lipinski definition) is 3. The van der Waals surface area contributed by atoms with Gasteiger partial charge in [-0.15, -0.1) is 11.8 Å². The Morgan fingerprint density at radius 2 is 1.58 bits per heavy atom. The van der Waals surface area contributed by atoms with Gasteiger partial charge in [0.25, 0.3) is 11.8 Å². The van der Waals surface area contributed by atoms with E-state index in [1.807, 2.05) is 32.0 Å². The third-order valence-corrected chi connectivity index (χ3v) is 4.34. The van der Waals surface area contributed by atoms with Gasteiger partial charge in [-0.1, -0.05) is 38.1 Å². The van der Waals surface area contributed by atoms with Crippen molar-refractivity contribution in [2.75, 3.05) is 17.6 Å². The number of carbonyl (C=O) groups is 2. The fourth-order valence-corrected chi connectivity index (χ4v) is 3.05. The van der Waals surface area contributed by atoms with Crippen LogP contribution in [-0.4, -0.2) is 24.1 Å². The molecule has 0 aromatic heterocycles. The molecular weight excluding hydrogens is 320 g/mol. The topological polar surface area (TPSA) is 58.2 Å². The van der Waals surface area contributed by atoms with E-state index in [-0.39, 0.29) is 11.8 Å². The van der Waals surface area contributed by atoms with Gasteiger partial charge in [0.05, 0.1) is 16.8 Å². The first-order valence-electron chi connectivity index (χ1n) is 8.07. The molecule has 5 heteroatoms. The van der Waals surface area contributed by atoms with E-state index in [9.17, 15) is 9.59 Å². The first kappa shape index (κ1) is 18.1. The van der Waals surface area contributed by atoms with Gasteiger partial charge in [-0.05, 0) is 36.4 Å². The molecule has 0 fully saturated rings. The van der Waals surface area contributed by atoms with E-state index in [0.29, 0.717) is 23.4 Å². The average Bonchev–Trinajstić information content (AvgIpc) is 2.61. The number of nitrogens with one attached hydrogen (secondary N) is 2. The molecule has 0 aliphatic rings. The number of para-hydroxylation sites is 1. The van der Waals surface area contributed by atoms with Crippen LogP contribution in [0, 0.1) is 0 Å². The normalized spacial score (nSPS) is 10.2. The second-order valence-electron chi connectivity index (χ2n) is 5.18. The zero-order chi connectivity index (χ0) is 17.4. The average molecular weight is 342 g/mol. The number of hydrogen-bond donors (Lipinski definition) is 2. The Kier molecular flexibility index (Phi) is 6.88. The van der Waals surface area contributed by atoms with Crippen LogP contribution >= 0.6 is 11.8 Å². The largest absolute Gasteiger partial charge is 0.352 e. The first-order chi connectivity index (χ1) is 11.7. The molecule has 0 heterocycles. The molecule has 0 saturated carbocycles. The highest BCUT2D eigenvalue weighted by atomic mass is 32.2. The van der Waals surface area contributed by atoms with E-state index in [1.54, 1.807) is 42.1 Å². The van der Waals surface area contributed by atoms with Crippen LogP contribution < -0.4 is 10.6 Å². The molecule has 0 bridgehead atoms. The third kappa shape index (κ3) is 4.61. The number of anilines is 1. The number of thioether (sulfide) groups is 1. The second kappa shape index (κ2) is 9.13. The zero-order valence-corrected chi connectivity index (χ0v) is 14.8. The van der Waals surface area contributed by atoms with Crippen molar-refractivity contribution in [2.24, 2.45) is 0 Å². The molecule has 4 nitrogen and oxygen atoms in total. The Labute approximate surface area is 147 Å². The maximum absolute atomic E-state index is 12.6. The molecule has 0 atom stereocenters.